The molecule has 8 N–H and O–H groups in total. The van der Waals surface area contributed by atoms with E-state index < -0.39 is 63.2 Å². The van der Waals surface area contributed by atoms with Gasteiger partial charge in [0.25, 0.3) is 23.6 Å². The van der Waals surface area contributed by atoms with Gasteiger partial charge in [0.1, 0.15) is 23.5 Å². The van der Waals surface area contributed by atoms with Gasteiger partial charge in [-0.05, 0) is 107 Å². The zero-order chi connectivity index (χ0) is 63.2. The fourth-order valence-electron chi connectivity index (χ4n) is 11.3. The monoisotopic (exact) mass is 1270 g/mol. The fraction of sp³-hybridized carbons (Fsp3) is 0.258. The number of carbonyl (C=O) groups excluding carboxylic acids is 8. The lowest BCUT2D eigenvalue weighted by Gasteiger charge is -2.38. The van der Waals surface area contributed by atoms with E-state index in [4.69, 9.17) is 25.4 Å². The molecule has 1 aliphatic carbocycles. The molecular weight excluding hydrogens is 1210 g/mol. The predicted molar refractivity (Wildman–Crippen MR) is 331 cm³/mol. The highest BCUT2D eigenvalue weighted by atomic mass is 35.5. The molecule has 24 nitrogen and oxygen atoms in total. The zero-order valence-corrected chi connectivity index (χ0v) is 50.0. The molecule has 1 fully saturated rings. The normalized spacial score (nSPS) is 16.0. The van der Waals surface area contributed by atoms with E-state index in [1.165, 1.54) is 64.5 Å². The summed E-state index contributed by atoms with van der Waals surface area (Å²) in [6.45, 7) is 0.276. The van der Waals surface area contributed by atoms with Crippen LogP contribution in [-0.4, -0.2) is 111 Å². The molecule has 0 radical (unpaired) electrons. The molecule has 462 valence electrons. The van der Waals surface area contributed by atoms with Crippen molar-refractivity contribution in [2.75, 3.05) is 59.0 Å². The Hall–Kier alpha value is -8.99. The van der Waals surface area contributed by atoms with Crippen LogP contribution in [0.25, 0.3) is 33.7 Å². The molecule has 0 bridgehead atoms. The van der Waals surface area contributed by atoms with Gasteiger partial charge in [-0.2, -0.15) is 0 Å². The molecule has 3 heterocycles. The molecule has 0 aromatic heterocycles. The number of phosphoric acid groups is 2. The van der Waals surface area contributed by atoms with Crippen molar-refractivity contribution in [3.63, 3.8) is 0 Å². The van der Waals surface area contributed by atoms with Gasteiger partial charge in [-0.3, -0.25) is 63.4 Å². The molecule has 89 heavy (non-hydrogen) atoms. The third-order valence-electron chi connectivity index (χ3n) is 15.7. The SMILES string of the molecule is O=C(CNC(=O)C1(C(=O)NCCCCCN2C(=O)C=CC2=O)CCC1)Nc1ccc(COC(=O)Nc2cc(/C=C/C(=O)N3C[C@@H](CCl)c4c3cc(OP(=O)(O)O)c3ccccc43)ccc2/C=C/C(=O)N2CCc3c2cc(OP(=O)(O)O)c2ccccc32)cc1. The molecule has 27 heteroatoms. The molecule has 0 unspecified atom stereocenters. The first-order valence-corrected chi connectivity index (χ1v) is 31.9. The van der Waals surface area contributed by atoms with Crippen molar-refractivity contribution < 1.29 is 80.8 Å². The number of benzene rings is 6. The van der Waals surface area contributed by atoms with Gasteiger partial charge >= 0.3 is 21.7 Å². The lowest BCUT2D eigenvalue weighted by atomic mass is 9.67. The van der Waals surface area contributed by atoms with Crippen LogP contribution in [0.4, 0.5) is 27.5 Å². The first-order chi connectivity index (χ1) is 42.6. The van der Waals surface area contributed by atoms with Crippen LogP contribution in [0.5, 0.6) is 11.5 Å². The first kappa shape index (κ1) is 63.0. The lowest BCUT2D eigenvalue weighted by molar-refractivity contribution is -0.150. The maximum Gasteiger partial charge on any atom is 0.524 e. The number of unbranched alkanes of at least 4 members (excludes halogenated alkanes) is 2. The summed E-state index contributed by atoms with van der Waals surface area (Å²) < 4.78 is 39.8. The summed E-state index contributed by atoms with van der Waals surface area (Å²) in [6, 6.07) is 27.6. The van der Waals surface area contributed by atoms with Gasteiger partial charge in [0.15, 0.2) is 0 Å². The van der Waals surface area contributed by atoms with E-state index in [2.05, 4.69) is 21.3 Å². The van der Waals surface area contributed by atoms with Gasteiger partial charge < -0.3 is 39.5 Å². The second-order valence-electron chi connectivity index (χ2n) is 21.5. The molecule has 10 rings (SSSR count). The lowest BCUT2D eigenvalue weighted by Crippen LogP contribution is -2.56. The standard InChI is InChI=1S/C62H60ClN7O17P2/c63-34-41-36-70(50-33-52(87-89(82,83)84)46-11-4-5-12-47(46)58(41)50)57(75)21-16-38-13-17-40(18-22-54(72)68-30-25-44-43-9-2-3-10-45(43)51(32-49(44)68)86-88(79,80)81)48(31-38)67-61(78)85-37-39-14-19-42(20-15-39)66-53(71)35-65-60(77)62(26-8-27-62)59(76)64-28-6-1-7-29-69-55(73)23-24-56(69)74/h2-5,9-24,31-33,41H,1,6-8,25-30,34-37H2,(H,64,76)(H,65,77)(H,66,71)(H,67,78)(H2,79,80,81)(H2,82,83,84)/b21-16+,22-18+/t41-/m1/s1. The number of anilines is 4. The van der Waals surface area contributed by atoms with Crippen molar-refractivity contribution in [1.82, 2.24) is 15.5 Å². The van der Waals surface area contributed by atoms with Gasteiger partial charge in [-0.1, -0.05) is 79.2 Å². The molecule has 4 aliphatic rings. The van der Waals surface area contributed by atoms with Crippen LogP contribution >= 0.6 is 27.2 Å². The van der Waals surface area contributed by atoms with Crippen LogP contribution in [-0.2, 0) is 60.5 Å². The topological polar surface area (TPSA) is 337 Å². The number of alkyl halides is 1. The summed E-state index contributed by atoms with van der Waals surface area (Å²) in [5.41, 5.74) is 2.65. The van der Waals surface area contributed by atoms with Crippen LogP contribution < -0.4 is 40.1 Å². The Morgan fingerprint density at radius 1 is 0.685 bits per heavy atom. The molecule has 0 spiro atoms. The number of rotatable bonds is 23. The Kier molecular flexibility index (Phi) is 19.0. The highest BCUT2D eigenvalue weighted by Gasteiger charge is 2.50. The maximum absolute atomic E-state index is 14.1. The molecule has 6 aromatic carbocycles. The molecule has 0 saturated heterocycles. The number of nitrogens with zero attached hydrogens (tertiary/aromatic N) is 3. The van der Waals surface area contributed by atoms with Crippen LogP contribution in [0.3, 0.4) is 0 Å². The average molecular weight is 1270 g/mol. The maximum atomic E-state index is 14.1. The number of ether oxygens (including phenoxy) is 1. The third kappa shape index (κ3) is 14.6. The number of carbonyl (C=O) groups is 8. The average Bonchev–Trinajstić information content (AvgIpc) is 1.79. The Bertz CT molecular complexity index is 4030. The summed E-state index contributed by atoms with van der Waals surface area (Å²) >= 11 is 6.44. The Morgan fingerprint density at radius 3 is 1.96 bits per heavy atom. The first-order valence-electron chi connectivity index (χ1n) is 28.3. The van der Waals surface area contributed by atoms with Crippen LogP contribution in [0, 0.1) is 5.41 Å². The summed E-state index contributed by atoms with van der Waals surface area (Å²) in [5, 5.41) is 12.9. The summed E-state index contributed by atoms with van der Waals surface area (Å²) in [4.78, 5) is 148. The molecule has 6 aromatic rings. The molecule has 8 amide bonds. The largest absolute Gasteiger partial charge is 0.524 e. The fourth-order valence-corrected chi connectivity index (χ4v) is 12.3. The van der Waals surface area contributed by atoms with Crippen molar-refractivity contribution >= 4 is 131 Å². The van der Waals surface area contributed by atoms with Gasteiger partial charge in [0, 0.05) is 90.9 Å². The minimum absolute atomic E-state index is 0.110. The van der Waals surface area contributed by atoms with E-state index in [-0.39, 0.29) is 67.0 Å². The van der Waals surface area contributed by atoms with E-state index >= 15 is 0 Å². The minimum atomic E-state index is -5.02. The molecule has 1 saturated carbocycles. The van der Waals surface area contributed by atoms with Crippen molar-refractivity contribution in [3.8, 4) is 11.5 Å². The number of halogens is 1. The minimum Gasteiger partial charge on any atom is -0.444 e. The second kappa shape index (κ2) is 26.8. The predicted octanol–water partition coefficient (Wildman–Crippen LogP) is 8.11. The molecule has 1 atom stereocenters. The number of amides is 8. The third-order valence-corrected chi connectivity index (χ3v) is 17.0. The van der Waals surface area contributed by atoms with E-state index in [1.807, 2.05) is 0 Å². The Morgan fingerprint density at radius 2 is 1.30 bits per heavy atom. The number of phosphoric ester groups is 2. The van der Waals surface area contributed by atoms with Gasteiger partial charge in [-0.25, -0.2) is 13.9 Å². The van der Waals surface area contributed by atoms with Crippen molar-refractivity contribution in [3.05, 3.63) is 155 Å². The number of imide groups is 1. The van der Waals surface area contributed by atoms with Crippen molar-refractivity contribution in [1.29, 1.82) is 0 Å². The smallest absolute Gasteiger partial charge is 0.444 e. The summed E-state index contributed by atoms with van der Waals surface area (Å²) in [6.07, 6.45) is 10.5. The van der Waals surface area contributed by atoms with Crippen LogP contribution in [0.1, 0.15) is 72.3 Å². The van der Waals surface area contributed by atoms with E-state index in [0.29, 0.717) is 112 Å². The van der Waals surface area contributed by atoms with E-state index in [1.54, 1.807) is 84.9 Å². The molecular formula is C62H60ClN7O17P2. The molecule has 3 aliphatic heterocycles. The number of hydrogen-bond donors (Lipinski definition) is 8. The highest BCUT2D eigenvalue weighted by molar-refractivity contribution is 7.47. The van der Waals surface area contributed by atoms with Gasteiger partial charge in [0.2, 0.25) is 17.7 Å². The van der Waals surface area contributed by atoms with Gasteiger partial charge in [-0.15, -0.1) is 11.6 Å². The highest BCUT2D eigenvalue weighted by Crippen LogP contribution is 2.50. The number of hydrogen-bond acceptors (Lipinski definition) is 13. The van der Waals surface area contributed by atoms with Crippen molar-refractivity contribution in [2.45, 2.75) is 57.5 Å². The van der Waals surface area contributed by atoms with E-state index in [0.717, 1.165) is 10.5 Å². The Balaban J connectivity index is 0.795. The summed E-state index contributed by atoms with van der Waals surface area (Å²) in [7, 11) is -10.0. The number of fused-ring (bicyclic) bond motifs is 6. The Labute approximate surface area is 514 Å². The van der Waals surface area contributed by atoms with Crippen molar-refractivity contribution in [2.24, 2.45) is 5.41 Å². The number of nitrogens with one attached hydrogen (secondary N) is 4. The second-order valence-corrected chi connectivity index (χ2v) is 24.2. The van der Waals surface area contributed by atoms with E-state index in [9.17, 15) is 67.1 Å². The van der Waals surface area contributed by atoms with Crippen LogP contribution in [0.2, 0.25) is 0 Å². The quantitative estimate of drug-likeness (QED) is 0.00750. The summed E-state index contributed by atoms with van der Waals surface area (Å²) in [5.74, 6) is -3.75. The zero-order valence-electron chi connectivity index (χ0n) is 47.5. The van der Waals surface area contributed by atoms with Crippen LogP contribution in [0.15, 0.2) is 127 Å². The van der Waals surface area contributed by atoms with Gasteiger partial charge in [0.05, 0.1) is 23.6 Å².